The molecule has 0 aromatic carbocycles. The Balaban J connectivity index is 2.06. The number of allylic oxidation sites excluding steroid dienone is 1. The van der Waals surface area contributed by atoms with Gasteiger partial charge < -0.3 is 10.6 Å². The average molecular weight is 407 g/mol. The summed E-state index contributed by atoms with van der Waals surface area (Å²) >= 11 is 0. The van der Waals surface area contributed by atoms with Gasteiger partial charge in [0.2, 0.25) is 5.91 Å². The third-order valence-electron chi connectivity index (χ3n) is 6.23. The number of likely N-dealkylation sites (N-methyl/N-ethyl adjacent to an activating group) is 1. The normalized spacial score (nSPS) is 21.0. The van der Waals surface area contributed by atoms with Crippen LogP contribution in [-0.4, -0.2) is 36.2 Å². The Morgan fingerprint density at radius 1 is 0.966 bits per heavy atom. The van der Waals surface area contributed by atoms with Crippen molar-refractivity contribution in [1.29, 1.82) is 0 Å². The molecular formula is C25H48N3O+. The van der Waals surface area contributed by atoms with Gasteiger partial charge in [0.05, 0.1) is 19.3 Å². The molecule has 0 aliphatic carbocycles. The first-order valence-electron chi connectivity index (χ1n) is 12.4. The number of hydrogen-bond acceptors (Lipinski definition) is 2. The molecule has 4 heteroatoms. The molecule has 0 saturated carbocycles. The maximum absolute atomic E-state index is 11.1. The van der Waals surface area contributed by atoms with Crippen molar-refractivity contribution in [2.45, 2.75) is 110 Å². The monoisotopic (exact) mass is 406 g/mol. The van der Waals surface area contributed by atoms with Crippen LogP contribution in [0.3, 0.4) is 0 Å². The number of carbonyl (C=O) groups excluding carboxylic acids is 1. The molecular weight excluding hydrogens is 358 g/mol. The van der Waals surface area contributed by atoms with Gasteiger partial charge in [0.15, 0.2) is 6.17 Å². The minimum absolute atomic E-state index is 0.0504. The van der Waals surface area contributed by atoms with E-state index in [2.05, 4.69) is 49.0 Å². The quantitative estimate of drug-likeness (QED) is 0.166. The molecule has 1 aliphatic heterocycles. The Morgan fingerprint density at radius 3 is 2.10 bits per heavy atom. The predicted octanol–water partition coefficient (Wildman–Crippen LogP) is 6.01. The summed E-state index contributed by atoms with van der Waals surface area (Å²) in [5.74, 6) is 0.0504. The molecule has 0 fully saturated rings. The summed E-state index contributed by atoms with van der Waals surface area (Å²) in [4.78, 5) is 11.1. The summed E-state index contributed by atoms with van der Waals surface area (Å²) in [5, 5.41) is 6.41. The van der Waals surface area contributed by atoms with E-state index in [1.807, 2.05) is 0 Å². The van der Waals surface area contributed by atoms with Crippen LogP contribution in [0.1, 0.15) is 104 Å². The molecule has 1 amide bonds. The summed E-state index contributed by atoms with van der Waals surface area (Å²) in [6.07, 6.45) is 27.3. The molecule has 4 nitrogen and oxygen atoms in total. The summed E-state index contributed by atoms with van der Waals surface area (Å²) < 4.78 is 0.870. The zero-order valence-corrected chi connectivity index (χ0v) is 19.6. The molecule has 29 heavy (non-hydrogen) atoms. The van der Waals surface area contributed by atoms with Crippen LogP contribution in [0.4, 0.5) is 0 Å². The van der Waals surface area contributed by atoms with Crippen LogP contribution in [0.25, 0.3) is 0 Å². The minimum Gasteiger partial charge on any atom is -0.351 e. The molecule has 1 heterocycles. The van der Waals surface area contributed by atoms with E-state index in [0.29, 0.717) is 6.17 Å². The number of rotatable bonds is 18. The largest absolute Gasteiger partial charge is 0.351 e. The van der Waals surface area contributed by atoms with Crippen molar-refractivity contribution < 1.29 is 9.28 Å². The Bertz CT molecular complexity index is 475. The van der Waals surface area contributed by atoms with Gasteiger partial charge in [0.25, 0.3) is 0 Å². The second kappa shape index (κ2) is 16.5. The van der Waals surface area contributed by atoms with Gasteiger partial charge in [0.1, 0.15) is 12.7 Å². The highest BCUT2D eigenvalue weighted by Crippen LogP contribution is 2.19. The first-order valence-corrected chi connectivity index (χ1v) is 12.4. The lowest BCUT2D eigenvalue weighted by Gasteiger charge is -2.35. The van der Waals surface area contributed by atoms with Crippen molar-refractivity contribution in [1.82, 2.24) is 10.6 Å². The van der Waals surface area contributed by atoms with Crippen LogP contribution < -0.4 is 10.6 Å². The number of hydrogen-bond donors (Lipinski definition) is 2. The molecule has 0 spiro atoms. The highest BCUT2D eigenvalue weighted by atomic mass is 16.1. The van der Waals surface area contributed by atoms with Crippen molar-refractivity contribution in [2.75, 3.05) is 19.6 Å². The van der Waals surface area contributed by atoms with Crippen LogP contribution >= 0.6 is 0 Å². The number of nitrogens with one attached hydrogen (secondary N) is 2. The van der Waals surface area contributed by atoms with E-state index in [9.17, 15) is 4.79 Å². The molecule has 2 N–H and O–H groups in total. The van der Waals surface area contributed by atoms with Crippen LogP contribution in [-0.2, 0) is 4.79 Å². The molecule has 0 bridgehead atoms. The molecule has 2 atom stereocenters. The number of carbonyl (C=O) groups is 1. The molecule has 2 unspecified atom stereocenters. The third-order valence-corrected chi connectivity index (χ3v) is 6.23. The van der Waals surface area contributed by atoms with E-state index in [1.165, 1.54) is 83.5 Å². The van der Waals surface area contributed by atoms with E-state index in [1.54, 1.807) is 6.92 Å². The number of amides is 1. The van der Waals surface area contributed by atoms with Gasteiger partial charge in [-0.2, -0.15) is 0 Å². The number of nitrogens with zero attached hydrogens (tertiary/aromatic N) is 1. The maximum atomic E-state index is 11.1. The zero-order chi connectivity index (χ0) is 21.2. The van der Waals surface area contributed by atoms with Gasteiger partial charge in [-0.05, 0) is 25.8 Å². The van der Waals surface area contributed by atoms with E-state index in [-0.39, 0.29) is 5.91 Å². The zero-order valence-electron chi connectivity index (χ0n) is 19.6. The Hall–Kier alpha value is -1.29. The van der Waals surface area contributed by atoms with E-state index in [4.69, 9.17) is 0 Å². The summed E-state index contributed by atoms with van der Waals surface area (Å²) in [5.41, 5.74) is 0. The van der Waals surface area contributed by atoms with Crippen LogP contribution in [0.2, 0.25) is 0 Å². The van der Waals surface area contributed by atoms with Gasteiger partial charge in [-0.25, -0.2) is 0 Å². The fourth-order valence-electron chi connectivity index (χ4n) is 4.20. The fourth-order valence-corrected chi connectivity index (χ4v) is 4.20. The summed E-state index contributed by atoms with van der Waals surface area (Å²) in [6, 6.07) is 0. The third kappa shape index (κ3) is 11.5. The van der Waals surface area contributed by atoms with Crippen molar-refractivity contribution in [3.05, 3.63) is 24.6 Å². The standard InChI is InChI=1S/C25H47N3O/c1-4-6-7-8-9-10-11-12-13-14-15-16-17-18-19-25-27-21-23-28(25,5-2)22-20-26-24(3)29/h18-19,21,23,25,27H,4-17,20,22H2,1-3H3/p+1/b19-18+. The smallest absolute Gasteiger partial charge is 0.217 e. The van der Waals surface area contributed by atoms with Crippen LogP contribution in [0, 0.1) is 0 Å². The lowest BCUT2D eigenvalue weighted by molar-refractivity contribution is -0.891. The maximum Gasteiger partial charge on any atom is 0.217 e. The highest BCUT2D eigenvalue weighted by molar-refractivity contribution is 5.72. The van der Waals surface area contributed by atoms with E-state index in [0.717, 1.165) is 24.1 Å². The molecule has 1 rings (SSSR count). The van der Waals surface area contributed by atoms with Crippen LogP contribution in [0.15, 0.2) is 24.6 Å². The lowest BCUT2D eigenvalue weighted by Crippen LogP contribution is -2.54. The Labute approximate surface area is 180 Å². The van der Waals surface area contributed by atoms with Crippen molar-refractivity contribution in [3.63, 3.8) is 0 Å². The van der Waals surface area contributed by atoms with Gasteiger partial charge in [-0.1, -0.05) is 83.6 Å². The SMILES string of the molecule is CCCCCCCCCCCCCC/C=C/C1NC=C[N+]1(CC)CCNC(C)=O. The first-order chi connectivity index (χ1) is 14.1. The topological polar surface area (TPSA) is 41.1 Å². The number of unbranched alkanes of at least 4 members (excludes halogenated alkanes) is 12. The molecule has 1 aliphatic rings. The molecule has 0 aromatic rings. The van der Waals surface area contributed by atoms with Gasteiger partial charge in [0, 0.05) is 6.92 Å². The van der Waals surface area contributed by atoms with Crippen molar-refractivity contribution >= 4 is 5.91 Å². The van der Waals surface area contributed by atoms with E-state index < -0.39 is 0 Å². The molecule has 0 radical (unpaired) electrons. The second-order valence-electron chi connectivity index (χ2n) is 8.66. The Morgan fingerprint density at radius 2 is 1.55 bits per heavy atom. The molecule has 168 valence electrons. The fraction of sp³-hybridized carbons (Fsp3) is 0.800. The highest BCUT2D eigenvalue weighted by Gasteiger charge is 2.34. The van der Waals surface area contributed by atoms with Gasteiger partial charge in [-0.3, -0.25) is 9.28 Å². The lowest BCUT2D eigenvalue weighted by atomic mass is 10.0. The van der Waals surface area contributed by atoms with Crippen molar-refractivity contribution in [3.8, 4) is 0 Å². The molecule has 0 saturated heterocycles. The first kappa shape index (κ1) is 25.7. The van der Waals surface area contributed by atoms with Gasteiger partial charge in [-0.15, -0.1) is 0 Å². The van der Waals surface area contributed by atoms with E-state index >= 15 is 0 Å². The summed E-state index contributed by atoms with van der Waals surface area (Å²) in [6.45, 7) is 8.76. The van der Waals surface area contributed by atoms with Gasteiger partial charge >= 0.3 is 0 Å². The number of quaternary nitrogens is 1. The van der Waals surface area contributed by atoms with Crippen LogP contribution in [0.5, 0.6) is 0 Å². The minimum atomic E-state index is 0.0504. The molecule has 0 aromatic heterocycles. The Kier molecular flexibility index (Phi) is 14.6. The predicted molar refractivity (Wildman–Crippen MR) is 125 cm³/mol. The second-order valence-corrected chi connectivity index (χ2v) is 8.66. The van der Waals surface area contributed by atoms with Crippen molar-refractivity contribution in [2.24, 2.45) is 0 Å². The average Bonchev–Trinajstić information content (AvgIpc) is 3.11. The summed E-state index contributed by atoms with van der Waals surface area (Å²) in [7, 11) is 0.